The molecule has 0 amide bonds. The Hall–Kier alpha value is -0.0800. The molecule has 2 nitrogen and oxygen atoms in total. The molecule has 1 N–H and O–H groups in total. The van der Waals surface area contributed by atoms with Crippen LogP contribution in [0.2, 0.25) is 0 Å². The fourth-order valence-electron chi connectivity index (χ4n) is 2.60. The maximum atomic E-state index is 3.79. The minimum absolute atomic E-state index is 0.472. The van der Waals surface area contributed by atoms with Crippen molar-refractivity contribution in [2.45, 2.75) is 70.4 Å². The molecule has 1 aliphatic rings. The lowest BCUT2D eigenvalue weighted by molar-refractivity contribution is 0.0565. The van der Waals surface area contributed by atoms with Gasteiger partial charge in [0.1, 0.15) is 0 Å². The molecule has 16 heavy (non-hydrogen) atoms. The first-order valence-corrected chi connectivity index (χ1v) is 7.05. The van der Waals surface area contributed by atoms with Gasteiger partial charge in [-0.1, -0.05) is 26.7 Å². The summed E-state index contributed by atoms with van der Waals surface area (Å²) in [5.74, 6) is 0. The Morgan fingerprint density at radius 2 is 1.94 bits per heavy atom. The highest BCUT2D eigenvalue weighted by molar-refractivity contribution is 4.98. The highest BCUT2D eigenvalue weighted by Gasteiger charge is 2.38. The van der Waals surface area contributed by atoms with Crippen LogP contribution in [-0.4, -0.2) is 37.1 Å². The summed E-state index contributed by atoms with van der Waals surface area (Å²) in [4.78, 5) is 2.43. The highest BCUT2D eigenvalue weighted by atomic mass is 15.2. The number of likely N-dealkylation sites (N-methyl/N-ethyl adjacent to an activating group) is 1. The van der Waals surface area contributed by atoms with Crippen LogP contribution in [0.15, 0.2) is 0 Å². The van der Waals surface area contributed by atoms with Crippen LogP contribution in [0.1, 0.15) is 58.8 Å². The number of nitrogens with one attached hydrogen (secondary N) is 1. The van der Waals surface area contributed by atoms with Crippen molar-refractivity contribution in [1.29, 1.82) is 0 Å². The molecule has 0 aromatic heterocycles. The van der Waals surface area contributed by atoms with Crippen molar-refractivity contribution in [3.8, 4) is 0 Å². The Bertz CT molecular complexity index is 185. The average molecular weight is 226 g/mol. The van der Waals surface area contributed by atoms with Gasteiger partial charge in [0, 0.05) is 18.1 Å². The molecule has 0 heterocycles. The minimum atomic E-state index is 0.472. The van der Waals surface area contributed by atoms with Crippen molar-refractivity contribution < 1.29 is 0 Å². The molecule has 2 heteroatoms. The van der Waals surface area contributed by atoms with Gasteiger partial charge in [-0.05, 0) is 46.2 Å². The first-order chi connectivity index (χ1) is 7.64. The topological polar surface area (TPSA) is 15.3 Å². The maximum Gasteiger partial charge on any atom is 0.0328 e. The van der Waals surface area contributed by atoms with Gasteiger partial charge >= 0.3 is 0 Å². The molecule has 96 valence electrons. The summed E-state index contributed by atoms with van der Waals surface area (Å²) in [5, 5.41) is 3.79. The van der Waals surface area contributed by atoms with Gasteiger partial charge in [-0.25, -0.2) is 0 Å². The van der Waals surface area contributed by atoms with E-state index in [2.05, 4.69) is 38.2 Å². The lowest BCUT2D eigenvalue weighted by atomic mass is 9.75. The van der Waals surface area contributed by atoms with E-state index in [1.54, 1.807) is 0 Å². The average Bonchev–Trinajstić information content (AvgIpc) is 2.20. The molecule has 1 aliphatic carbocycles. The van der Waals surface area contributed by atoms with Crippen molar-refractivity contribution in [3.63, 3.8) is 0 Å². The van der Waals surface area contributed by atoms with Gasteiger partial charge in [0.15, 0.2) is 0 Å². The first-order valence-electron chi connectivity index (χ1n) is 7.05. The summed E-state index contributed by atoms with van der Waals surface area (Å²) in [5.41, 5.74) is 0.472. The van der Waals surface area contributed by atoms with Gasteiger partial charge in [0.05, 0.1) is 0 Å². The summed E-state index contributed by atoms with van der Waals surface area (Å²) in [6.45, 7) is 5.76. The number of hydrogen-bond acceptors (Lipinski definition) is 2. The third-order valence-corrected chi connectivity index (χ3v) is 4.35. The molecule has 1 fully saturated rings. The minimum Gasteiger partial charge on any atom is -0.312 e. The van der Waals surface area contributed by atoms with E-state index in [4.69, 9.17) is 0 Å². The molecular weight excluding hydrogens is 196 g/mol. The molecule has 0 bridgehead atoms. The van der Waals surface area contributed by atoms with Crippen LogP contribution in [0.4, 0.5) is 0 Å². The lowest BCUT2D eigenvalue weighted by Gasteiger charge is -2.48. The normalized spacial score (nSPS) is 20.8. The summed E-state index contributed by atoms with van der Waals surface area (Å²) in [6, 6.07) is 0.734. The quantitative estimate of drug-likeness (QED) is 0.684. The standard InChI is InChI=1S/C14H30N2/c1-5-7-9-13(6-2)15-12-14(16(3)4)10-8-11-14/h13,15H,5-12H2,1-4H3. The number of hydrogen-bond donors (Lipinski definition) is 1. The summed E-state index contributed by atoms with van der Waals surface area (Å²) in [6.07, 6.45) is 9.44. The van der Waals surface area contributed by atoms with Crippen LogP contribution in [0.25, 0.3) is 0 Å². The number of nitrogens with zero attached hydrogens (tertiary/aromatic N) is 1. The first kappa shape index (κ1) is 14.0. The predicted octanol–water partition coefficient (Wildman–Crippen LogP) is 3.03. The maximum absolute atomic E-state index is 3.79. The van der Waals surface area contributed by atoms with Gasteiger partial charge in [-0.2, -0.15) is 0 Å². The monoisotopic (exact) mass is 226 g/mol. The van der Waals surface area contributed by atoms with Crippen LogP contribution in [0.5, 0.6) is 0 Å². The van der Waals surface area contributed by atoms with Gasteiger partial charge in [-0.15, -0.1) is 0 Å². The van der Waals surface area contributed by atoms with Crippen LogP contribution in [0, 0.1) is 0 Å². The Kier molecular flexibility index (Phi) is 5.77. The van der Waals surface area contributed by atoms with E-state index < -0.39 is 0 Å². The van der Waals surface area contributed by atoms with Crippen molar-refractivity contribution >= 4 is 0 Å². The molecule has 1 atom stereocenters. The van der Waals surface area contributed by atoms with Crippen molar-refractivity contribution in [2.24, 2.45) is 0 Å². The Labute approximate surface area is 102 Å². The predicted molar refractivity (Wildman–Crippen MR) is 71.9 cm³/mol. The summed E-state index contributed by atoms with van der Waals surface area (Å²) in [7, 11) is 4.46. The molecule has 0 aromatic carbocycles. The molecule has 0 spiro atoms. The Morgan fingerprint density at radius 3 is 2.31 bits per heavy atom. The van der Waals surface area contributed by atoms with Crippen LogP contribution < -0.4 is 5.32 Å². The molecule has 0 aromatic rings. The number of rotatable bonds is 8. The molecule has 1 saturated carbocycles. The van der Waals surface area contributed by atoms with Gasteiger partial charge in [0.2, 0.25) is 0 Å². The lowest BCUT2D eigenvalue weighted by Crippen LogP contribution is -2.57. The third-order valence-electron chi connectivity index (χ3n) is 4.35. The molecular formula is C14H30N2. The smallest absolute Gasteiger partial charge is 0.0328 e. The van der Waals surface area contributed by atoms with E-state index in [1.165, 1.54) is 51.5 Å². The third kappa shape index (κ3) is 3.46. The molecule has 0 saturated heterocycles. The van der Waals surface area contributed by atoms with Crippen LogP contribution in [0.3, 0.4) is 0 Å². The van der Waals surface area contributed by atoms with Crippen molar-refractivity contribution in [1.82, 2.24) is 10.2 Å². The second kappa shape index (κ2) is 6.61. The second-order valence-electron chi connectivity index (χ2n) is 5.60. The Balaban J connectivity index is 2.30. The zero-order chi connectivity index (χ0) is 12.0. The fraction of sp³-hybridized carbons (Fsp3) is 1.00. The largest absolute Gasteiger partial charge is 0.312 e. The van der Waals surface area contributed by atoms with Gasteiger partial charge in [-0.3, -0.25) is 0 Å². The zero-order valence-electron chi connectivity index (χ0n) is 11.7. The molecule has 1 rings (SSSR count). The second-order valence-corrected chi connectivity index (χ2v) is 5.60. The summed E-state index contributed by atoms with van der Waals surface area (Å²) >= 11 is 0. The van der Waals surface area contributed by atoms with E-state index in [-0.39, 0.29) is 0 Å². The van der Waals surface area contributed by atoms with E-state index in [9.17, 15) is 0 Å². The van der Waals surface area contributed by atoms with E-state index in [1.807, 2.05) is 0 Å². The van der Waals surface area contributed by atoms with E-state index >= 15 is 0 Å². The van der Waals surface area contributed by atoms with E-state index in [0.717, 1.165) is 6.04 Å². The molecule has 0 radical (unpaired) electrons. The molecule has 1 unspecified atom stereocenters. The zero-order valence-corrected chi connectivity index (χ0v) is 11.7. The molecule has 0 aliphatic heterocycles. The summed E-state index contributed by atoms with van der Waals surface area (Å²) < 4.78 is 0. The van der Waals surface area contributed by atoms with Crippen molar-refractivity contribution in [2.75, 3.05) is 20.6 Å². The van der Waals surface area contributed by atoms with Gasteiger partial charge < -0.3 is 10.2 Å². The van der Waals surface area contributed by atoms with Gasteiger partial charge in [0.25, 0.3) is 0 Å². The number of unbranched alkanes of at least 4 members (excludes halogenated alkanes) is 1. The Morgan fingerprint density at radius 1 is 1.25 bits per heavy atom. The SMILES string of the molecule is CCCCC(CC)NCC1(N(C)C)CCC1. The highest BCUT2D eigenvalue weighted by Crippen LogP contribution is 2.35. The fourth-order valence-corrected chi connectivity index (χ4v) is 2.60. The van der Waals surface area contributed by atoms with Crippen molar-refractivity contribution in [3.05, 3.63) is 0 Å². The van der Waals surface area contributed by atoms with Crippen LogP contribution in [-0.2, 0) is 0 Å². The van der Waals surface area contributed by atoms with E-state index in [0.29, 0.717) is 5.54 Å². The van der Waals surface area contributed by atoms with Crippen LogP contribution >= 0.6 is 0 Å².